The number of rotatable bonds is 3. The van der Waals surface area contributed by atoms with E-state index in [0.717, 1.165) is 6.07 Å². The van der Waals surface area contributed by atoms with Gasteiger partial charge < -0.3 is 10.3 Å². The third-order valence-electron chi connectivity index (χ3n) is 3.23. The molecular weight excluding hydrogens is 279 g/mol. The molecule has 0 saturated heterocycles. The highest BCUT2D eigenvalue weighted by molar-refractivity contribution is 5.74. The Morgan fingerprint density at radius 2 is 1.86 bits per heavy atom. The normalized spacial score (nSPS) is 12.1. The highest BCUT2D eigenvalue weighted by Crippen LogP contribution is 2.38. The highest BCUT2D eigenvalue weighted by atomic mass is 19.4. The van der Waals surface area contributed by atoms with Gasteiger partial charge in [-0.2, -0.15) is 13.2 Å². The first-order valence-corrected chi connectivity index (χ1v) is 6.71. The molecule has 0 fully saturated rings. The molecule has 1 aromatic carbocycles. The maximum Gasteiger partial charge on any atom is 0.417 e. The number of hydrogen-bond donors (Lipinski definition) is 1. The summed E-state index contributed by atoms with van der Waals surface area (Å²) in [5.41, 5.74) is 5.53. The predicted molar refractivity (Wildman–Crippen MR) is 76.7 cm³/mol. The van der Waals surface area contributed by atoms with Gasteiger partial charge in [-0.3, -0.25) is 0 Å². The third-order valence-corrected chi connectivity index (χ3v) is 3.23. The molecule has 21 heavy (non-hydrogen) atoms. The van der Waals surface area contributed by atoms with Gasteiger partial charge in [-0.05, 0) is 18.9 Å². The van der Waals surface area contributed by atoms with Crippen LogP contribution in [0, 0.1) is 12.8 Å². The zero-order valence-corrected chi connectivity index (χ0v) is 12.2. The summed E-state index contributed by atoms with van der Waals surface area (Å²) in [4.78, 5) is 4.25. The lowest BCUT2D eigenvalue weighted by atomic mass is 10.0. The molecule has 3 nitrogen and oxygen atoms in total. The van der Waals surface area contributed by atoms with Crippen molar-refractivity contribution in [3.05, 3.63) is 35.7 Å². The molecule has 0 bridgehead atoms. The topological polar surface area (TPSA) is 43.8 Å². The summed E-state index contributed by atoms with van der Waals surface area (Å²) < 4.78 is 41.1. The van der Waals surface area contributed by atoms with Gasteiger partial charge in [0.05, 0.1) is 5.56 Å². The molecule has 0 spiro atoms. The fraction of sp³-hybridized carbons (Fsp3) is 0.400. The minimum absolute atomic E-state index is 0.0214. The molecule has 6 heteroatoms. The molecule has 0 radical (unpaired) electrons. The van der Waals surface area contributed by atoms with Gasteiger partial charge >= 0.3 is 6.18 Å². The zero-order valence-electron chi connectivity index (χ0n) is 12.2. The van der Waals surface area contributed by atoms with Crippen LogP contribution in [0.4, 0.5) is 19.0 Å². The quantitative estimate of drug-likeness (QED) is 0.926. The van der Waals surface area contributed by atoms with Crippen molar-refractivity contribution in [1.82, 2.24) is 9.55 Å². The minimum atomic E-state index is -4.43. The molecule has 114 valence electrons. The SMILES string of the molecule is Cc1nc(-c2ccccc2C(F)(F)F)c(N)n1CC(C)C. The van der Waals surface area contributed by atoms with Crippen molar-refractivity contribution in [2.45, 2.75) is 33.5 Å². The number of nitrogens with zero attached hydrogens (tertiary/aromatic N) is 2. The van der Waals surface area contributed by atoms with Crippen LogP contribution in [0.2, 0.25) is 0 Å². The van der Waals surface area contributed by atoms with Gasteiger partial charge in [0.2, 0.25) is 0 Å². The van der Waals surface area contributed by atoms with Gasteiger partial charge in [0.15, 0.2) is 0 Å². The van der Waals surface area contributed by atoms with Crippen molar-refractivity contribution in [1.29, 1.82) is 0 Å². The van der Waals surface area contributed by atoms with Crippen molar-refractivity contribution in [3.63, 3.8) is 0 Å². The molecule has 2 aromatic rings. The summed E-state index contributed by atoms with van der Waals surface area (Å²) in [6, 6.07) is 5.37. The summed E-state index contributed by atoms with van der Waals surface area (Å²) in [5.74, 6) is 1.22. The number of nitrogen functional groups attached to an aromatic ring is 1. The standard InChI is InChI=1S/C15H18F3N3/c1-9(2)8-21-10(3)20-13(14(21)19)11-6-4-5-7-12(11)15(16,17)18/h4-7,9H,8,19H2,1-3H3. The first kappa shape index (κ1) is 15.4. The molecular formula is C15H18F3N3. The lowest BCUT2D eigenvalue weighted by Gasteiger charge is -2.13. The Morgan fingerprint density at radius 1 is 1.24 bits per heavy atom. The van der Waals surface area contributed by atoms with Crippen LogP contribution in [0.5, 0.6) is 0 Å². The van der Waals surface area contributed by atoms with E-state index < -0.39 is 11.7 Å². The Morgan fingerprint density at radius 3 is 2.43 bits per heavy atom. The van der Waals surface area contributed by atoms with Gasteiger partial charge in [-0.1, -0.05) is 32.0 Å². The zero-order chi connectivity index (χ0) is 15.8. The fourth-order valence-electron chi connectivity index (χ4n) is 2.31. The van der Waals surface area contributed by atoms with Gasteiger partial charge in [-0.15, -0.1) is 0 Å². The molecule has 0 aliphatic rings. The number of hydrogen-bond acceptors (Lipinski definition) is 2. The monoisotopic (exact) mass is 297 g/mol. The van der Waals surface area contributed by atoms with Crippen LogP contribution in [-0.4, -0.2) is 9.55 Å². The number of nitrogens with two attached hydrogens (primary N) is 1. The summed E-state index contributed by atoms with van der Waals surface area (Å²) in [6.45, 7) is 6.40. The molecule has 1 heterocycles. The Balaban J connectivity index is 2.59. The number of benzene rings is 1. The number of alkyl halides is 3. The van der Waals surface area contributed by atoms with E-state index in [4.69, 9.17) is 5.73 Å². The van der Waals surface area contributed by atoms with Crippen molar-refractivity contribution in [2.24, 2.45) is 5.92 Å². The molecule has 0 aliphatic heterocycles. The number of aryl methyl sites for hydroxylation is 1. The summed E-state index contributed by atoms with van der Waals surface area (Å²) in [7, 11) is 0. The van der Waals surface area contributed by atoms with Crippen molar-refractivity contribution >= 4 is 5.82 Å². The molecule has 2 rings (SSSR count). The summed E-state index contributed by atoms with van der Waals surface area (Å²) in [6.07, 6.45) is -4.43. The smallest absolute Gasteiger partial charge is 0.383 e. The second-order valence-corrected chi connectivity index (χ2v) is 5.44. The van der Waals surface area contributed by atoms with Crippen LogP contribution in [0.3, 0.4) is 0 Å². The van der Waals surface area contributed by atoms with Gasteiger partial charge in [0.1, 0.15) is 17.3 Å². The summed E-state index contributed by atoms with van der Waals surface area (Å²) in [5, 5.41) is 0. The molecule has 0 unspecified atom stereocenters. The largest absolute Gasteiger partial charge is 0.417 e. The van der Waals surface area contributed by atoms with Crippen molar-refractivity contribution in [3.8, 4) is 11.3 Å². The summed E-state index contributed by atoms with van der Waals surface area (Å²) >= 11 is 0. The predicted octanol–water partition coefficient (Wildman–Crippen LogP) is 4.12. The van der Waals surface area contributed by atoms with Crippen molar-refractivity contribution in [2.75, 3.05) is 5.73 Å². The fourth-order valence-corrected chi connectivity index (χ4v) is 2.31. The van der Waals surface area contributed by atoms with Crippen LogP contribution >= 0.6 is 0 Å². The van der Waals surface area contributed by atoms with Gasteiger partial charge in [-0.25, -0.2) is 4.98 Å². The minimum Gasteiger partial charge on any atom is -0.383 e. The average Bonchev–Trinajstić information content (AvgIpc) is 2.65. The van der Waals surface area contributed by atoms with Crippen LogP contribution < -0.4 is 5.73 Å². The van der Waals surface area contributed by atoms with E-state index in [1.54, 1.807) is 17.6 Å². The Labute approximate surface area is 121 Å². The van der Waals surface area contributed by atoms with Crippen LogP contribution in [-0.2, 0) is 12.7 Å². The first-order chi connectivity index (χ1) is 9.71. The van der Waals surface area contributed by atoms with Crippen LogP contribution in [0.25, 0.3) is 11.3 Å². The van der Waals surface area contributed by atoms with Gasteiger partial charge in [0, 0.05) is 12.1 Å². The van der Waals surface area contributed by atoms with Crippen LogP contribution in [0.1, 0.15) is 25.2 Å². The molecule has 0 aliphatic carbocycles. The average molecular weight is 297 g/mol. The Bertz CT molecular complexity index is 642. The van der Waals surface area contributed by atoms with Gasteiger partial charge in [0.25, 0.3) is 0 Å². The van der Waals surface area contributed by atoms with E-state index in [9.17, 15) is 13.2 Å². The number of aromatic nitrogens is 2. The maximum atomic E-state index is 13.1. The van der Waals surface area contributed by atoms with E-state index in [-0.39, 0.29) is 17.1 Å². The van der Waals surface area contributed by atoms with E-state index in [0.29, 0.717) is 18.3 Å². The molecule has 0 amide bonds. The molecule has 2 N–H and O–H groups in total. The lowest BCUT2D eigenvalue weighted by molar-refractivity contribution is -0.137. The van der Waals surface area contributed by atoms with Crippen molar-refractivity contribution < 1.29 is 13.2 Å². The number of imidazole rings is 1. The molecule has 0 saturated carbocycles. The van der Waals surface area contributed by atoms with E-state index in [1.807, 2.05) is 13.8 Å². The van der Waals surface area contributed by atoms with E-state index >= 15 is 0 Å². The number of halogens is 3. The Kier molecular flexibility index (Phi) is 3.98. The second-order valence-electron chi connectivity index (χ2n) is 5.44. The third kappa shape index (κ3) is 3.04. The second kappa shape index (κ2) is 5.42. The highest BCUT2D eigenvalue weighted by Gasteiger charge is 2.34. The molecule has 1 aromatic heterocycles. The molecule has 0 atom stereocenters. The van der Waals surface area contributed by atoms with E-state index in [1.165, 1.54) is 12.1 Å². The lowest BCUT2D eigenvalue weighted by Crippen LogP contribution is -2.10. The first-order valence-electron chi connectivity index (χ1n) is 6.71. The maximum absolute atomic E-state index is 13.1. The Hall–Kier alpha value is -1.98. The number of anilines is 1. The van der Waals surface area contributed by atoms with E-state index in [2.05, 4.69) is 4.98 Å². The van der Waals surface area contributed by atoms with Crippen LogP contribution in [0.15, 0.2) is 24.3 Å².